The van der Waals surface area contributed by atoms with Gasteiger partial charge < -0.3 is 16.4 Å². The summed E-state index contributed by atoms with van der Waals surface area (Å²) < 4.78 is 0. The SMILES string of the molecule is CC1CCNCC1NC(=O)c1cc(C(N)=O)cs1.Cl. The normalized spacial score (nSPS) is 22.4. The number of halogens is 1. The lowest BCUT2D eigenvalue weighted by molar-refractivity contribution is 0.0919. The molecule has 2 unspecified atom stereocenters. The van der Waals surface area contributed by atoms with E-state index in [0.717, 1.165) is 19.5 Å². The molecule has 1 aromatic rings. The topological polar surface area (TPSA) is 84.2 Å². The highest BCUT2D eigenvalue weighted by Crippen LogP contribution is 2.16. The van der Waals surface area contributed by atoms with Crippen molar-refractivity contribution in [3.8, 4) is 0 Å². The maximum atomic E-state index is 12.0. The number of primary amides is 1. The van der Waals surface area contributed by atoms with Crippen molar-refractivity contribution in [2.45, 2.75) is 19.4 Å². The van der Waals surface area contributed by atoms with E-state index in [2.05, 4.69) is 17.6 Å². The summed E-state index contributed by atoms with van der Waals surface area (Å²) in [6.45, 7) is 3.92. The summed E-state index contributed by atoms with van der Waals surface area (Å²) >= 11 is 1.24. The van der Waals surface area contributed by atoms with Gasteiger partial charge in [0, 0.05) is 18.0 Å². The predicted octanol–water partition coefficient (Wildman–Crippen LogP) is 0.997. The van der Waals surface area contributed by atoms with Gasteiger partial charge in [-0.3, -0.25) is 9.59 Å². The Morgan fingerprint density at radius 3 is 2.84 bits per heavy atom. The van der Waals surface area contributed by atoms with Crippen molar-refractivity contribution in [2.24, 2.45) is 11.7 Å². The van der Waals surface area contributed by atoms with Crippen molar-refractivity contribution in [1.82, 2.24) is 10.6 Å². The van der Waals surface area contributed by atoms with Gasteiger partial charge in [-0.1, -0.05) is 6.92 Å². The van der Waals surface area contributed by atoms with Crippen LogP contribution in [0.2, 0.25) is 0 Å². The summed E-state index contributed by atoms with van der Waals surface area (Å²) in [6, 6.07) is 1.69. The third kappa shape index (κ3) is 3.92. The highest BCUT2D eigenvalue weighted by Gasteiger charge is 2.23. The van der Waals surface area contributed by atoms with Crippen LogP contribution in [0.15, 0.2) is 11.4 Å². The van der Waals surface area contributed by atoms with Crippen LogP contribution in [0.25, 0.3) is 0 Å². The molecule has 0 spiro atoms. The number of thiophene rings is 1. The van der Waals surface area contributed by atoms with Crippen LogP contribution in [0, 0.1) is 5.92 Å². The summed E-state index contributed by atoms with van der Waals surface area (Å²) in [5.74, 6) is -0.170. The van der Waals surface area contributed by atoms with Gasteiger partial charge in [0.1, 0.15) is 0 Å². The molecule has 2 heterocycles. The van der Waals surface area contributed by atoms with Gasteiger partial charge >= 0.3 is 0 Å². The zero-order chi connectivity index (χ0) is 13.1. The first-order chi connectivity index (χ1) is 8.58. The van der Waals surface area contributed by atoms with Gasteiger partial charge in [-0.2, -0.15) is 0 Å². The minimum Gasteiger partial charge on any atom is -0.366 e. The monoisotopic (exact) mass is 303 g/mol. The number of piperidine rings is 1. The van der Waals surface area contributed by atoms with Gasteiger partial charge in [-0.15, -0.1) is 23.7 Å². The van der Waals surface area contributed by atoms with Crippen molar-refractivity contribution < 1.29 is 9.59 Å². The summed E-state index contributed by atoms with van der Waals surface area (Å²) in [4.78, 5) is 23.5. The molecule has 2 atom stereocenters. The average molecular weight is 304 g/mol. The van der Waals surface area contributed by atoms with Gasteiger partial charge in [-0.05, 0) is 24.9 Å². The fraction of sp³-hybridized carbons (Fsp3) is 0.500. The van der Waals surface area contributed by atoms with E-state index in [1.165, 1.54) is 11.3 Å². The molecular formula is C12H18ClN3O2S. The van der Waals surface area contributed by atoms with Crippen LogP contribution in [-0.2, 0) is 0 Å². The number of hydrogen-bond acceptors (Lipinski definition) is 4. The Bertz CT molecular complexity index is 464. The lowest BCUT2D eigenvalue weighted by Gasteiger charge is -2.30. The summed E-state index contributed by atoms with van der Waals surface area (Å²) in [7, 11) is 0. The average Bonchev–Trinajstić information content (AvgIpc) is 2.81. The lowest BCUT2D eigenvalue weighted by Crippen LogP contribution is -2.50. The molecule has 5 nitrogen and oxygen atoms in total. The maximum Gasteiger partial charge on any atom is 0.261 e. The Labute approximate surface area is 122 Å². The number of hydrogen-bond donors (Lipinski definition) is 3. The fourth-order valence-corrected chi connectivity index (χ4v) is 2.81. The van der Waals surface area contributed by atoms with Crippen LogP contribution in [0.4, 0.5) is 0 Å². The predicted molar refractivity (Wildman–Crippen MR) is 78.0 cm³/mol. The minimum atomic E-state index is -0.502. The number of carbonyl (C=O) groups is 2. The second kappa shape index (κ2) is 6.88. The summed E-state index contributed by atoms with van der Waals surface area (Å²) in [5.41, 5.74) is 5.55. The van der Waals surface area contributed by atoms with Crippen molar-refractivity contribution in [1.29, 1.82) is 0 Å². The number of carbonyl (C=O) groups excluding carboxylic acids is 2. The molecule has 19 heavy (non-hydrogen) atoms. The molecule has 0 saturated carbocycles. The van der Waals surface area contributed by atoms with Crippen LogP contribution in [0.3, 0.4) is 0 Å². The zero-order valence-corrected chi connectivity index (χ0v) is 12.3. The number of amides is 2. The Morgan fingerprint density at radius 2 is 2.26 bits per heavy atom. The van der Waals surface area contributed by atoms with E-state index in [9.17, 15) is 9.59 Å². The quantitative estimate of drug-likeness (QED) is 0.779. The summed E-state index contributed by atoms with van der Waals surface area (Å²) in [6.07, 6.45) is 1.06. The van der Waals surface area contributed by atoms with E-state index in [4.69, 9.17) is 5.73 Å². The smallest absolute Gasteiger partial charge is 0.261 e. The minimum absolute atomic E-state index is 0. The lowest BCUT2D eigenvalue weighted by atomic mass is 9.95. The number of rotatable bonds is 3. The Hall–Kier alpha value is -1.11. The molecule has 1 aliphatic rings. The van der Waals surface area contributed by atoms with Gasteiger partial charge in [0.05, 0.1) is 10.4 Å². The first-order valence-corrected chi connectivity index (χ1v) is 6.86. The van der Waals surface area contributed by atoms with E-state index >= 15 is 0 Å². The van der Waals surface area contributed by atoms with Crippen molar-refractivity contribution in [3.05, 3.63) is 21.9 Å². The second-order valence-electron chi connectivity index (χ2n) is 4.61. The molecule has 1 fully saturated rings. The molecule has 1 aromatic heterocycles. The first kappa shape index (κ1) is 15.9. The van der Waals surface area contributed by atoms with Crippen molar-refractivity contribution in [3.63, 3.8) is 0 Å². The standard InChI is InChI=1S/C12H17N3O2S.ClH/c1-7-2-3-14-5-9(7)15-12(17)10-4-8(6-18-10)11(13)16;/h4,6-7,9,14H,2-3,5H2,1H3,(H2,13,16)(H,15,17);1H. The Balaban J connectivity index is 0.00000180. The van der Waals surface area contributed by atoms with E-state index in [1.54, 1.807) is 11.4 Å². The molecule has 4 N–H and O–H groups in total. The van der Waals surface area contributed by atoms with Gasteiger partial charge in [0.2, 0.25) is 5.91 Å². The number of nitrogens with one attached hydrogen (secondary N) is 2. The molecule has 0 aliphatic carbocycles. The van der Waals surface area contributed by atoms with Gasteiger partial charge in [0.25, 0.3) is 5.91 Å². The van der Waals surface area contributed by atoms with E-state index < -0.39 is 5.91 Å². The molecule has 7 heteroatoms. The highest BCUT2D eigenvalue weighted by molar-refractivity contribution is 7.12. The van der Waals surface area contributed by atoms with Crippen LogP contribution in [0.1, 0.15) is 33.4 Å². The van der Waals surface area contributed by atoms with Crippen molar-refractivity contribution >= 4 is 35.6 Å². The van der Waals surface area contributed by atoms with Crippen LogP contribution < -0.4 is 16.4 Å². The van der Waals surface area contributed by atoms with Crippen LogP contribution in [-0.4, -0.2) is 30.9 Å². The van der Waals surface area contributed by atoms with Gasteiger partial charge in [0.15, 0.2) is 0 Å². The second-order valence-corrected chi connectivity index (χ2v) is 5.53. The van der Waals surface area contributed by atoms with E-state index in [-0.39, 0.29) is 24.4 Å². The van der Waals surface area contributed by atoms with Gasteiger partial charge in [-0.25, -0.2) is 0 Å². The largest absolute Gasteiger partial charge is 0.366 e. The summed E-state index contributed by atoms with van der Waals surface area (Å²) in [5, 5.41) is 7.87. The van der Waals surface area contributed by atoms with Crippen molar-refractivity contribution in [2.75, 3.05) is 13.1 Å². The van der Waals surface area contributed by atoms with Crippen LogP contribution in [0.5, 0.6) is 0 Å². The van der Waals surface area contributed by atoms with Crippen LogP contribution >= 0.6 is 23.7 Å². The van der Waals surface area contributed by atoms with E-state index in [1.807, 2.05) is 0 Å². The molecule has 1 aliphatic heterocycles. The maximum absolute atomic E-state index is 12.0. The third-order valence-electron chi connectivity index (χ3n) is 3.25. The molecule has 2 amide bonds. The molecule has 106 valence electrons. The Morgan fingerprint density at radius 1 is 1.53 bits per heavy atom. The zero-order valence-electron chi connectivity index (χ0n) is 10.6. The fourth-order valence-electron chi connectivity index (χ4n) is 2.01. The molecule has 0 aromatic carbocycles. The molecule has 0 bridgehead atoms. The first-order valence-electron chi connectivity index (χ1n) is 5.98. The molecule has 2 rings (SSSR count). The molecule has 1 saturated heterocycles. The number of nitrogens with two attached hydrogens (primary N) is 1. The molecule has 0 radical (unpaired) electrons. The molecular weight excluding hydrogens is 286 g/mol. The van der Waals surface area contributed by atoms with E-state index in [0.29, 0.717) is 16.4 Å². The Kier molecular flexibility index (Phi) is 5.78. The third-order valence-corrected chi connectivity index (χ3v) is 4.18. The highest BCUT2D eigenvalue weighted by atomic mass is 35.5.